The molecule has 1 aliphatic heterocycles. The van der Waals surface area contributed by atoms with E-state index in [4.69, 9.17) is 9.26 Å². The second-order valence-corrected chi connectivity index (χ2v) is 6.27. The Morgan fingerprint density at radius 3 is 2.85 bits per heavy atom. The van der Waals surface area contributed by atoms with Crippen molar-refractivity contribution in [3.63, 3.8) is 0 Å². The number of amides is 1. The third-order valence-corrected chi connectivity index (χ3v) is 4.70. The van der Waals surface area contributed by atoms with E-state index in [1.165, 1.54) is 0 Å². The molecule has 1 aromatic carbocycles. The number of nitrogens with zero attached hydrogens (tertiary/aromatic N) is 3. The van der Waals surface area contributed by atoms with Crippen molar-refractivity contribution in [2.24, 2.45) is 0 Å². The third kappa shape index (κ3) is 3.06. The van der Waals surface area contributed by atoms with Gasteiger partial charge >= 0.3 is 0 Å². The highest BCUT2D eigenvalue weighted by Crippen LogP contribution is 2.34. The summed E-state index contributed by atoms with van der Waals surface area (Å²) in [6, 6.07) is 15.2. The molecule has 6 nitrogen and oxygen atoms in total. The van der Waals surface area contributed by atoms with Gasteiger partial charge in [0.1, 0.15) is 11.4 Å². The van der Waals surface area contributed by atoms with Gasteiger partial charge in [0.15, 0.2) is 0 Å². The van der Waals surface area contributed by atoms with Crippen LogP contribution in [0.1, 0.15) is 28.5 Å². The van der Waals surface area contributed by atoms with Crippen LogP contribution in [0.25, 0.3) is 11.4 Å². The van der Waals surface area contributed by atoms with Crippen LogP contribution in [0.5, 0.6) is 5.75 Å². The number of likely N-dealkylation sites (tertiary alicyclic amines) is 1. The molecule has 0 spiro atoms. The smallest absolute Gasteiger partial charge is 0.292 e. The first-order chi connectivity index (χ1) is 12.8. The summed E-state index contributed by atoms with van der Waals surface area (Å²) in [5, 5.41) is 3.98. The Balaban J connectivity index is 1.49. The molecule has 26 heavy (non-hydrogen) atoms. The van der Waals surface area contributed by atoms with E-state index in [-0.39, 0.29) is 17.6 Å². The van der Waals surface area contributed by atoms with Crippen LogP contribution in [-0.2, 0) is 0 Å². The van der Waals surface area contributed by atoms with Crippen molar-refractivity contribution in [2.45, 2.75) is 12.3 Å². The minimum Gasteiger partial charge on any atom is -0.496 e. The fraction of sp³-hybridized carbons (Fsp3) is 0.250. The molecule has 0 saturated carbocycles. The van der Waals surface area contributed by atoms with Gasteiger partial charge in [-0.2, -0.15) is 0 Å². The maximum Gasteiger partial charge on any atom is 0.292 e. The third-order valence-electron chi connectivity index (χ3n) is 4.70. The summed E-state index contributed by atoms with van der Waals surface area (Å²) in [6.07, 6.45) is 2.58. The van der Waals surface area contributed by atoms with Crippen LogP contribution in [0.4, 0.5) is 0 Å². The standard InChI is InChI=1S/C20H19N3O3/c1-25-18-8-3-2-6-15(18)14-9-11-23(13-14)20(24)19-12-17(22-26-19)16-7-4-5-10-21-16/h2-8,10,12,14H,9,11,13H2,1H3/t14-/m1/s1. The number of para-hydroxylation sites is 1. The van der Waals surface area contributed by atoms with Gasteiger partial charge in [-0.05, 0) is 30.2 Å². The summed E-state index contributed by atoms with van der Waals surface area (Å²) >= 11 is 0. The number of ether oxygens (including phenoxy) is 1. The average Bonchev–Trinajstić information content (AvgIpc) is 3.38. The molecule has 1 amide bonds. The lowest BCUT2D eigenvalue weighted by atomic mass is 9.97. The summed E-state index contributed by atoms with van der Waals surface area (Å²) in [5.41, 5.74) is 2.38. The van der Waals surface area contributed by atoms with Gasteiger partial charge in [-0.3, -0.25) is 9.78 Å². The zero-order valence-electron chi connectivity index (χ0n) is 14.5. The highest BCUT2D eigenvalue weighted by molar-refractivity contribution is 5.92. The van der Waals surface area contributed by atoms with Crippen molar-refractivity contribution in [1.82, 2.24) is 15.0 Å². The highest BCUT2D eigenvalue weighted by atomic mass is 16.5. The normalized spacial score (nSPS) is 16.7. The van der Waals surface area contributed by atoms with Crippen LogP contribution in [0.15, 0.2) is 59.3 Å². The van der Waals surface area contributed by atoms with Crippen LogP contribution >= 0.6 is 0 Å². The summed E-state index contributed by atoms with van der Waals surface area (Å²) < 4.78 is 10.7. The van der Waals surface area contributed by atoms with Gasteiger partial charge in [0.05, 0.1) is 12.8 Å². The van der Waals surface area contributed by atoms with E-state index in [2.05, 4.69) is 16.2 Å². The molecule has 1 aliphatic rings. The lowest BCUT2D eigenvalue weighted by Gasteiger charge is -2.16. The van der Waals surface area contributed by atoms with E-state index in [0.29, 0.717) is 24.5 Å². The molecule has 0 N–H and O–H groups in total. The first kappa shape index (κ1) is 16.3. The molecule has 3 aromatic rings. The van der Waals surface area contributed by atoms with Gasteiger partial charge in [-0.25, -0.2) is 0 Å². The zero-order chi connectivity index (χ0) is 17.9. The number of methoxy groups -OCH3 is 1. The fourth-order valence-electron chi connectivity index (χ4n) is 3.37. The molecule has 6 heteroatoms. The SMILES string of the molecule is COc1ccccc1[C@@H]1CCN(C(=O)c2cc(-c3ccccn3)no2)C1. The van der Waals surface area contributed by atoms with Crippen LogP contribution in [0.2, 0.25) is 0 Å². The van der Waals surface area contributed by atoms with Gasteiger partial charge < -0.3 is 14.2 Å². The lowest BCUT2D eigenvalue weighted by Crippen LogP contribution is -2.28. The Morgan fingerprint density at radius 2 is 2.04 bits per heavy atom. The van der Waals surface area contributed by atoms with Crippen LogP contribution in [0.3, 0.4) is 0 Å². The lowest BCUT2D eigenvalue weighted by molar-refractivity contribution is 0.0749. The van der Waals surface area contributed by atoms with Gasteiger partial charge in [-0.1, -0.05) is 29.4 Å². The second kappa shape index (κ2) is 7.00. The van der Waals surface area contributed by atoms with Crippen molar-refractivity contribution in [3.05, 3.63) is 66.1 Å². The monoisotopic (exact) mass is 349 g/mol. The number of hydrogen-bond donors (Lipinski definition) is 0. The molecule has 0 unspecified atom stereocenters. The number of rotatable bonds is 4. The van der Waals surface area contributed by atoms with Gasteiger partial charge in [-0.15, -0.1) is 0 Å². The second-order valence-electron chi connectivity index (χ2n) is 6.27. The Labute approximate surface area is 151 Å². The van der Waals surface area contributed by atoms with E-state index >= 15 is 0 Å². The van der Waals surface area contributed by atoms with E-state index in [1.807, 2.05) is 36.4 Å². The summed E-state index contributed by atoms with van der Waals surface area (Å²) in [7, 11) is 1.67. The Hall–Kier alpha value is -3.15. The van der Waals surface area contributed by atoms with Crippen LogP contribution < -0.4 is 4.74 Å². The Bertz CT molecular complexity index is 907. The number of aromatic nitrogens is 2. The van der Waals surface area contributed by atoms with Crippen molar-refractivity contribution in [1.29, 1.82) is 0 Å². The highest BCUT2D eigenvalue weighted by Gasteiger charge is 2.31. The van der Waals surface area contributed by atoms with Crippen molar-refractivity contribution < 1.29 is 14.1 Å². The summed E-state index contributed by atoms with van der Waals surface area (Å²) in [5.74, 6) is 1.22. The van der Waals surface area contributed by atoms with Crippen molar-refractivity contribution in [2.75, 3.05) is 20.2 Å². The fourth-order valence-corrected chi connectivity index (χ4v) is 3.37. The predicted molar refractivity (Wildman–Crippen MR) is 96.0 cm³/mol. The number of benzene rings is 1. The molecule has 4 rings (SSSR count). The molecular formula is C20H19N3O3. The number of hydrogen-bond acceptors (Lipinski definition) is 5. The molecule has 132 valence electrons. The number of carbonyl (C=O) groups is 1. The zero-order valence-corrected chi connectivity index (χ0v) is 14.5. The van der Waals surface area contributed by atoms with E-state index < -0.39 is 0 Å². The van der Waals surface area contributed by atoms with Crippen LogP contribution in [0, 0.1) is 0 Å². The Morgan fingerprint density at radius 1 is 1.19 bits per heavy atom. The first-order valence-corrected chi connectivity index (χ1v) is 8.56. The van der Waals surface area contributed by atoms with E-state index in [0.717, 1.165) is 17.7 Å². The molecule has 1 fully saturated rings. The predicted octanol–water partition coefficient (Wildman–Crippen LogP) is 3.37. The molecule has 0 bridgehead atoms. The summed E-state index contributed by atoms with van der Waals surface area (Å²) in [6.45, 7) is 1.32. The minimum absolute atomic E-state index is 0.142. The largest absolute Gasteiger partial charge is 0.496 e. The number of carbonyl (C=O) groups excluding carboxylic acids is 1. The molecule has 1 saturated heterocycles. The van der Waals surface area contributed by atoms with Gasteiger partial charge in [0, 0.05) is 31.3 Å². The Kier molecular flexibility index (Phi) is 4.39. The first-order valence-electron chi connectivity index (χ1n) is 8.56. The van der Waals surface area contributed by atoms with Crippen LogP contribution in [-0.4, -0.2) is 41.1 Å². The molecule has 3 heterocycles. The molecule has 1 atom stereocenters. The van der Waals surface area contributed by atoms with Crippen molar-refractivity contribution in [3.8, 4) is 17.1 Å². The topological polar surface area (TPSA) is 68.5 Å². The average molecular weight is 349 g/mol. The summed E-state index contributed by atoms with van der Waals surface area (Å²) in [4.78, 5) is 18.8. The quantitative estimate of drug-likeness (QED) is 0.722. The molecular weight excluding hydrogens is 330 g/mol. The van der Waals surface area contributed by atoms with Gasteiger partial charge in [0.2, 0.25) is 5.76 Å². The maximum absolute atomic E-state index is 12.8. The maximum atomic E-state index is 12.8. The molecule has 0 aliphatic carbocycles. The van der Waals surface area contributed by atoms with E-state index in [1.54, 1.807) is 24.3 Å². The minimum atomic E-state index is -0.142. The van der Waals surface area contributed by atoms with E-state index in [9.17, 15) is 4.79 Å². The number of pyridine rings is 1. The van der Waals surface area contributed by atoms with Crippen molar-refractivity contribution >= 4 is 5.91 Å². The molecule has 2 aromatic heterocycles. The van der Waals surface area contributed by atoms with Gasteiger partial charge in [0.25, 0.3) is 5.91 Å². The molecule has 0 radical (unpaired) electrons.